The zero-order valence-electron chi connectivity index (χ0n) is 12.3. The number of phenols is 1. The topological polar surface area (TPSA) is 85.2 Å². The van der Waals surface area contributed by atoms with E-state index in [2.05, 4.69) is 10.6 Å². The van der Waals surface area contributed by atoms with E-state index in [1.165, 1.54) is 6.20 Å². The maximum atomic E-state index is 12.2. The Labute approximate surface area is 128 Å². The summed E-state index contributed by atoms with van der Waals surface area (Å²) >= 11 is 0. The lowest BCUT2D eigenvalue weighted by Crippen LogP contribution is -2.17. The fourth-order valence-electron chi connectivity index (χ4n) is 2.06. The smallest absolute Gasteiger partial charge is 0.267 e. The summed E-state index contributed by atoms with van der Waals surface area (Å²) in [6.45, 7) is 2.69. The van der Waals surface area contributed by atoms with Crippen LogP contribution in [0.25, 0.3) is 10.8 Å². The summed E-state index contributed by atoms with van der Waals surface area (Å²) in [5, 5.41) is 25.9. The van der Waals surface area contributed by atoms with Crippen LogP contribution in [0.2, 0.25) is 0 Å². The molecule has 112 valence electrons. The van der Waals surface area contributed by atoms with Gasteiger partial charge in [-0.1, -0.05) is 31.2 Å². The number of nitrogens with zero attached hydrogens (tertiary/aromatic N) is 1. The normalized spacial score (nSPS) is 11.0. The van der Waals surface area contributed by atoms with E-state index in [0.29, 0.717) is 17.6 Å². The second kappa shape index (κ2) is 7.14. The Morgan fingerprint density at radius 2 is 2.00 bits per heavy atom. The molecule has 2 rings (SSSR count). The molecule has 0 radical (unpaired) electrons. The molecule has 0 aliphatic heterocycles. The Morgan fingerprint density at radius 3 is 2.73 bits per heavy atom. The van der Waals surface area contributed by atoms with Gasteiger partial charge in [0, 0.05) is 29.2 Å². The van der Waals surface area contributed by atoms with Crippen LogP contribution >= 0.6 is 0 Å². The molecule has 0 atom stereocenters. The number of anilines is 1. The third-order valence-electron chi connectivity index (χ3n) is 3.15. The molecule has 5 heteroatoms. The number of fused-ring (bicyclic) bond motifs is 1. The summed E-state index contributed by atoms with van der Waals surface area (Å²) in [4.78, 5) is 12.2. The molecule has 0 saturated heterocycles. The van der Waals surface area contributed by atoms with Crippen molar-refractivity contribution in [1.29, 1.82) is 5.26 Å². The first-order chi connectivity index (χ1) is 10.7. The van der Waals surface area contributed by atoms with Gasteiger partial charge in [0.15, 0.2) is 0 Å². The number of carbonyl (C=O) groups is 1. The lowest BCUT2D eigenvalue weighted by molar-refractivity contribution is -0.112. The second-order valence-electron chi connectivity index (χ2n) is 4.76. The molecule has 0 heterocycles. The quantitative estimate of drug-likeness (QED) is 0.450. The lowest BCUT2D eigenvalue weighted by Gasteiger charge is -2.09. The van der Waals surface area contributed by atoms with Gasteiger partial charge >= 0.3 is 0 Å². The SMILES string of the molecule is CCCN/C=C(/C#N)C(=O)Nc1cccc2c(O)cccc12. The number of benzene rings is 2. The molecule has 1 amide bonds. The molecule has 0 unspecified atom stereocenters. The van der Waals surface area contributed by atoms with Crippen LogP contribution in [-0.4, -0.2) is 17.6 Å². The van der Waals surface area contributed by atoms with Crippen molar-refractivity contribution in [3.05, 3.63) is 48.2 Å². The summed E-state index contributed by atoms with van der Waals surface area (Å²) in [5.41, 5.74) is 0.556. The fraction of sp³-hybridized carbons (Fsp3) is 0.176. The van der Waals surface area contributed by atoms with Crippen molar-refractivity contribution in [3.63, 3.8) is 0 Å². The predicted molar refractivity (Wildman–Crippen MR) is 86.2 cm³/mol. The van der Waals surface area contributed by atoms with E-state index < -0.39 is 5.91 Å². The number of phenolic OH excluding ortho intramolecular Hbond substituents is 1. The summed E-state index contributed by atoms with van der Waals surface area (Å²) in [7, 11) is 0. The molecule has 0 spiro atoms. The van der Waals surface area contributed by atoms with E-state index >= 15 is 0 Å². The van der Waals surface area contributed by atoms with Gasteiger partial charge in [0.05, 0.1) is 0 Å². The molecule has 0 saturated carbocycles. The van der Waals surface area contributed by atoms with Gasteiger partial charge in [-0.15, -0.1) is 0 Å². The molecular formula is C17H17N3O2. The number of aromatic hydroxyl groups is 1. The summed E-state index contributed by atoms with van der Waals surface area (Å²) in [5.74, 6) is -0.337. The van der Waals surface area contributed by atoms with Crippen LogP contribution in [0.15, 0.2) is 48.2 Å². The minimum Gasteiger partial charge on any atom is -0.507 e. The number of amides is 1. The van der Waals surface area contributed by atoms with Gasteiger partial charge < -0.3 is 15.7 Å². The van der Waals surface area contributed by atoms with Crippen molar-refractivity contribution in [2.75, 3.05) is 11.9 Å². The van der Waals surface area contributed by atoms with E-state index in [4.69, 9.17) is 5.26 Å². The van der Waals surface area contributed by atoms with Gasteiger partial charge in [0.2, 0.25) is 0 Å². The monoisotopic (exact) mass is 295 g/mol. The van der Waals surface area contributed by atoms with Crippen LogP contribution in [0.4, 0.5) is 5.69 Å². The summed E-state index contributed by atoms with van der Waals surface area (Å²) in [6, 6.07) is 12.2. The molecule has 0 aliphatic rings. The Morgan fingerprint density at radius 1 is 1.27 bits per heavy atom. The van der Waals surface area contributed by atoms with Crippen LogP contribution < -0.4 is 10.6 Å². The Kier molecular flexibility index (Phi) is 4.99. The predicted octanol–water partition coefficient (Wildman–Crippen LogP) is 2.89. The first-order valence-electron chi connectivity index (χ1n) is 7.03. The molecule has 22 heavy (non-hydrogen) atoms. The minimum absolute atomic E-state index is 0.00519. The van der Waals surface area contributed by atoms with Crippen molar-refractivity contribution in [2.24, 2.45) is 0 Å². The molecule has 0 aromatic heterocycles. The average Bonchev–Trinajstić information content (AvgIpc) is 2.52. The number of carbonyl (C=O) groups excluding carboxylic acids is 1. The highest BCUT2D eigenvalue weighted by Gasteiger charge is 2.11. The van der Waals surface area contributed by atoms with Crippen molar-refractivity contribution < 1.29 is 9.90 Å². The molecule has 5 nitrogen and oxygen atoms in total. The maximum Gasteiger partial charge on any atom is 0.267 e. The summed E-state index contributed by atoms with van der Waals surface area (Å²) in [6.07, 6.45) is 2.32. The molecule has 0 fully saturated rings. The molecule has 0 bridgehead atoms. The van der Waals surface area contributed by atoms with E-state index in [1.807, 2.05) is 13.0 Å². The number of nitrogens with one attached hydrogen (secondary N) is 2. The number of hydrogen-bond acceptors (Lipinski definition) is 4. The molecule has 0 aliphatic carbocycles. The van der Waals surface area contributed by atoms with Gasteiger partial charge in [0.1, 0.15) is 17.4 Å². The molecule has 3 N–H and O–H groups in total. The zero-order valence-corrected chi connectivity index (χ0v) is 12.3. The van der Waals surface area contributed by atoms with Crippen LogP contribution in [0.1, 0.15) is 13.3 Å². The highest BCUT2D eigenvalue weighted by atomic mass is 16.3. The van der Waals surface area contributed by atoms with E-state index in [-0.39, 0.29) is 11.3 Å². The third-order valence-corrected chi connectivity index (χ3v) is 3.15. The number of nitriles is 1. The first-order valence-corrected chi connectivity index (χ1v) is 7.03. The highest BCUT2D eigenvalue weighted by Crippen LogP contribution is 2.29. The second-order valence-corrected chi connectivity index (χ2v) is 4.76. The van der Waals surface area contributed by atoms with Crippen LogP contribution in [0.3, 0.4) is 0 Å². The standard InChI is InChI=1S/C17H17N3O2/c1-2-9-19-11-12(10-18)17(22)20-15-7-3-6-14-13(15)5-4-8-16(14)21/h3-8,11,19,21H,2,9H2,1H3,(H,20,22)/b12-11-. The number of rotatable bonds is 5. The average molecular weight is 295 g/mol. The Balaban J connectivity index is 2.27. The van der Waals surface area contributed by atoms with Crippen LogP contribution in [0.5, 0.6) is 5.75 Å². The Bertz CT molecular complexity index is 760. The van der Waals surface area contributed by atoms with Crippen LogP contribution in [0, 0.1) is 11.3 Å². The van der Waals surface area contributed by atoms with Gasteiger partial charge in [0.25, 0.3) is 5.91 Å². The highest BCUT2D eigenvalue weighted by molar-refractivity contribution is 6.11. The fourth-order valence-corrected chi connectivity index (χ4v) is 2.06. The van der Waals surface area contributed by atoms with Gasteiger partial charge in [-0.05, 0) is 18.6 Å². The minimum atomic E-state index is -0.484. The molecule has 2 aromatic carbocycles. The first kappa shape index (κ1) is 15.4. The maximum absolute atomic E-state index is 12.2. The third kappa shape index (κ3) is 3.36. The van der Waals surface area contributed by atoms with E-state index in [9.17, 15) is 9.90 Å². The van der Waals surface area contributed by atoms with Crippen LogP contribution in [-0.2, 0) is 4.79 Å². The van der Waals surface area contributed by atoms with Crippen molar-refractivity contribution in [1.82, 2.24) is 5.32 Å². The van der Waals surface area contributed by atoms with Crippen molar-refractivity contribution >= 4 is 22.4 Å². The van der Waals surface area contributed by atoms with Crippen molar-refractivity contribution in [3.8, 4) is 11.8 Å². The summed E-state index contributed by atoms with van der Waals surface area (Å²) < 4.78 is 0. The lowest BCUT2D eigenvalue weighted by atomic mass is 10.1. The molecule has 2 aromatic rings. The number of hydrogen-bond donors (Lipinski definition) is 3. The molecular weight excluding hydrogens is 278 g/mol. The van der Waals surface area contributed by atoms with Gasteiger partial charge in [-0.3, -0.25) is 4.79 Å². The Hall–Kier alpha value is -3.00. The van der Waals surface area contributed by atoms with Gasteiger partial charge in [-0.2, -0.15) is 5.26 Å². The zero-order chi connectivity index (χ0) is 15.9. The largest absolute Gasteiger partial charge is 0.507 e. The van der Waals surface area contributed by atoms with Crippen molar-refractivity contribution in [2.45, 2.75) is 13.3 Å². The van der Waals surface area contributed by atoms with E-state index in [1.54, 1.807) is 36.4 Å². The van der Waals surface area contributed by atoms with E-state index in [0.717, 1.165) is 11.8 Å². The van der Waals surface area contributed by atoms with Gasteiger partial charge in [-0.25, -0.2) is 0 Å².